The first-order chi connectivity index (χ1) is 8.70. The molecule has 1 aromatic rings. The zero-order valence-corrected chi connectivity index (χ0v) is 13.7. The monoisotopic (exact) mass is 299 g/mol. The third kappa shape index (κ3) is 2.45. The van der Waals surface area contributed by atoms with Crippen LogP contribution in [0.5, 0.6) is 0 Å². The number of benzene rings is 1. The molecule has 0 aliphatic heterocycles. The molecule has 0 spiro atoms. The van der Waals surface area contributed by atoms with E-state index in [1.807, 2.05) is 35.3 Å². The van der Waals surface area contributed by atoms with Gasteiger partial charge in [-0.15, -0.1) is 35.3 Å². The molecule has 0 bridgehead atoms. The van der Waals surface area contributed by atoms with Gasteiger partial charge in [0, 0.05) is 26.6 Å². The zero-order chi connectivity index (χ0) is 13.2. The Morgan fingerprint density at radius 2 is 1.61 bits per heavy atom. The summed E-state index contributed by atoms with van der Waals surface area (Å²) < 4.78 is 0. The summed E-state index contributed by atoms with van der Waals surface area (Å²) in [5.41, 5.74) is 7.77. The molecule has 1 nitrogen and oxygen atoms in total. The maximum atomic E-state index is 6.04. The Hall–Kier alpha value is 0.230. The second-order valence-electron chi connectivity index (χ2n) is 4.75. The lowest BCUT2D eigenvalue weighted by Gasteiger charge is -2.42. The van der Waals surface area contributed by atoms with Crippen molar-refractivity contribution >= 4 is 35.3 Å². The minimum absolute atomic E-state index is 0.270. The van der Waals surface area contributed by atoms with Crippen LogP contribution in [0.25, 0.3) is 0 Å². The fourth-order valence-electron chi connectivity index (χ4n) is 2.60. The molecular formula is C14H21NS3. The van der Waals surface area contributed by atoms with Crippen molar-refractivity contribution in [3.63, 3.8) is 0 Å². The molecule has 100 valence electrons. The Morgan fingerprint density at radius 1 is 1.06 bits per heavy atom. The summed E-state index contributed by atoms with van der Waals surface area (Å²) in [5.74, 6) is 0. The van der Waals surface area contributed by atoms with Gasteiger partial charge in [-0.05, 0) is 49.3 Å². The highest BCUT2D eigenvalue weighted by Crippen LogP contribution is 2.47. The van der Waals surface area contributed by atoms with Gasteiger partial charge in [0.2, 0.25) is 0 Å². The zero-order valence-electron chi connectivity index (χ0n) is 11.3. The largest absolute Gasteiger partial charge is 0.330 e. The highest BCUT2D eigenvalue weighted by molar-refractivity contribution is 8.03. The van der Waals surface area contributed by atoms with Gasteiger partial charge >= 0.3 is 0 Å². The van der Waals surface area contributed by atoms with Crippen LogP contribution in [-0.2, 0) is 5.41 Å². The lowest BCUT2D eigenvalue weighted by atomic mass is 9.64. The molecule has 1 aliphatic rings. The van der Waals surface area contributed by atoms with Crippen molar-refractivity contribution in [1.82, 2.24) is 0 Å². The number of nitrogens with two attached hydrogens (primary N) is 1. The maximum Gasteiger partial charge on any atom is 0.0341 e. The van der Waals surface area contributed by atoms with Crippen LogP contribution in [-0.4, -0.2) is 25.3 Å². The molecule has 0 radical (unpaired) electrons. The van der Waals surface area contributed by atoms with E-state index in [1.165, 1.54) is 39.5 Å². The number of hydrogen-bond donors (Lipinski definition) is 1. The number of hydrogen-bond acceptors (Lipinski definition) is 4. The van der Waals surface area contributed by atoms with Crippen LogP contribution in [0, 0.1) is 0 Å². The third-order valence-electron chi connectivity index (χ3n) is 3.98. The Labute approximate surface area is 123 Å². The molecule has 0 unspecified atom stereocenters. The predicted molar refractivity (Wildman–Crippen MR) is 86.4 cm³/mol. The molecule has 1 aliphatic carbocycles. The molecule has 0 aromatic heterocycles. The van der Waals surface area contributed by atoms with E-state index < -0.39 is 0 Å². The van der Waals surface area contributed by atoms with Crippen molar-refractivity contribution < 1.29 is 0 Å². The summed E-state index contributed by atoms with van der Waals surface area (Å²) in [6.45, 7) is 0.785. The molecule has 0 saturated heterocycles. The van der Waals surface area contributed by atoms with Gasteiger partial charge in [0.15, 0.2) is 0 Å². The fourth-order valence-corrected chi connectivity index (χ4v) is 5.27. The van der Waals surface area contributed by atoms with E-state index in [9.17, 15) is 0 Å². The number of rotatable bonds is 5. The van der Waals surface area contributed by atoms with Crippen LogP contribution in [0.3, 0.4) is 0 Å². The molecule has 2 rings (SSSR count). The molecule has 0 amide bonds. The van der Waals surface area contributed by atoms with Gasteiger partial charge in [-0.25, -0.2) is 0 Å². The first-order valence-electron chi connectivity index (χ1n) is 6.21. The van der Waals surface area contributed by atoms with Gasteiger partial charge in [0.05, 0.1) is 0 Å². The molecular weight excluding hydrogens is 278 g/mol. The molecule has 0 atom stereocenters. The van der Waals surface area contributed by atoms with Crippen LogP contribution in [0.2, 0.25) is 0 Å². The highest BCUT2D eigenvalue weighted by Gasteiger charge is 2.37. The summed E-state index contributed by atoms with van der Waals surface area (Å²) >= 11 is 5.55. The van der Waals surface area contributed by atoms with Crippen LogP contribution < -0.4 is 5.73 Å². The van der Waals surface area contributed by atoms with E-state index in [-0.39, 0.29) is 5.41 Å². The Kier molecular flexibility index (Phi) is 4.98. The topological polar surface area (TPSA) is 26.0 Å². The average Bonchev–Trinajstić information content (AvgIpc) is 2.36. The van der Waals surface area contributed by atoms with Crippen molar-refractivity contribution in [2.75, 3.05) is 25.3 Å². The maximum absolute atomic E-state index is 6.04. The van der Waals surface area contributed by atoms with Crippen LogP contribution >= 0.6 is 35.3 Å². The second kappa shape index (κ2) is 6.12. The molecule has 18 heavy (non-hydrogen) atoms. The Bertz CT molecular complexity index is 397. The van der Waals surface area contributed by atoms with E-state index in [1.54, 1.807) is 0 Å². The van der Waals surface area contributed by atoms with Crippen molar-refractivity contribution in [3.05, 3.63) is 17.7 Å². The van der Waals surface area contributed by atoms with Crippen LogP contribution in [0.1, 0.15) is 24.8 Å². The average molecular weight is 300 g/mol. The summed E-state index contributed by atoms with van der Waals surface area (Å²) in [7, 11) is 0. The quantitative estimate of drug-likeness (QED) is 0.823. The molecule has 2 N–H and O–H groups in total. The van der Waals surface area contributed by atoms with E-state index in [4.69, 9.17) is 5.73 Å². The fraction of sp³-hybridized carbons (Fsp3) is 0.571. The van der Waals surface area contributed by atoms with Gasteiger partial charge in [0.25, 0.3) is 0 Å². The van der Waals surface area contributed by atoms with E-state index in [0.29, 0.717) is 0 Å². The van der Waals surface area contributed by atoms with Crippen molar-refractivity contribution in [1.29, 1.82) is 0 Å². The van der Waals surface area contributed by atoms with Crippen LogP contribution in [0.15, 0.2) is 26.8 Å². The van der Waals surface area contributed by atoms with E-state index in [2.05, 4.69) is 30.9 Å². The normalized spacial score (nSPS) is 17.6. The predicted octanol–water partition coefficient (Wildman–Crippen LogP) is 4.23. The molecule has 1 aromatic carbocycles. The first kappa shape index (κ1) is 14.6. The third-order valence-corrected chi connectivity index (χ3v) is 6.61. The molecule has 1 fully saturated rings. The molecule has 4 heteroatoms. The first-order valence-corrected chi connectivity index (χ1v) is 9.88. The van der Waals surface area contributed by atoms with E-state index in [0.717, 1.165) is 6.54 Å². The van der Waals surface area contributed by atoms with Gasteiger partial charge in [-0.3, -0.25) is 0 Å². The second-order valence-corrected chi connectivity index (χ2v) is 7.26. The minimum Gasteiger partial charge on any atom is -0.330 e. The lowest BCUT2D eigenvalue weighted by Crippen LogP contribution is -2.41. The van der Waals surface area contributed by atoms with Crippen molar-refractivity contribution in [2.24, 2.45) is 5.73 Å². The van der Waals surface area contributed by atoms with Gasteiger partial charge in [0.1, 0.15) is 0 Å². The summed E-state index contributed by atoms with van der Waals surface area (Å²) in [4.78, 5) is 4.23. The standard InChI is InChI=1S/C14H21NS3/c1-16-11-7-10(14(9-15)5-4-6-14)8-12(17-2)13(11)18-3/h7-8H,4-6,9,15H2,1-3H3. The summed E-state index contributed by atoms with van der Waals surface area (Å²) in [6.07, 6.45) is 10.3. The number of thioether (sulfide) groups is 3. The summed E-state index contributed by atoms with van der Waals surface area (Å²) in [5, 5.41) is 0. The van der Waals surface area contributed by atoms with Crippen LogP contribution in [0.4, 0.5) is 0 Å². The van der Waals surface area contributed by atoms with Gasteiger partial charge < -0.3 is 5.73 Å². The highest BCUT2D eigenvalue weighted by atomic mass is 32.2. The van der Waals surface area contributed by atoms with Crippen molar-refractivity contribution in [2.45, 2.75) is 39.4 Å². The summed E-state index contributed by atoms with van der Waals surface area (Å²) in [6, 6.07) is 4.75. The van der Waals surface area contributed by atoms with Gasteiger partial charge in [-0.2, -0.15) is 0 Å². The molecule has 0 heterocycles. The van der Waals surface area contributed by atoms with Crippen molar-refractivity contribution in [3.8, 4) is 0 Å². The lowest BCUT2D eigenvalue weighted by molar-refractivity contribution is 0.252. The Balaban J connectivity index is 2.49. The Morgan fingerprint density at radius 3 is 1.89 bits per heavy atom. The SMILES string of the molecule is CSc1cc(C2(CN)CCC2)cc(SC)c1SC. The molecule has 1 saturated carbocycles. The smallest absolute Gasteiger partial charge is 0.0341 e. The van der Waals surface area contributed by atoms with E-state index >= 15 is 0 Å². The van der Waals surface area contributed by atoms with Gasteiger partial charge in [-0.1, -0.05) is 6.42 Å². The minimum atomic E-state index is 0.270.